The molecule has 0 amide bonds. The van der Waals surface area contributed by atoms with E-state index >= 15 is 0 Å². The predicted octanol–water partition coefficient (Wildman–Crippen LogP) is 2.59. The molecule has 2 aromatic carbocycles. The number of hydrogen-bond acceptors (Lipinski definition) is 9. The largest absolute Gasteiger partial charge is 0.493 e. The number of hydrogen-bond donors (Lipinski definition) is 1. The van der Waals surface area contributed by atoms with E-state index in [9.17, 15) is 9.90 Å². The minimum Gasteiger partial charge on any atom is -0.493 e. The second-order valence-electron chi connectivity index (χ2n) is 7.82. The van der Waals surface area contributed by atoms with Crippen molar-refractivity contribution >= 4 is 11.7 Å². The van der Waals surface area contributed by atoms with E-state index in [0.717, 1.165) is 22.5 Å². The lowest BCUT2D eigenvalue weighted by atomic mass is 9.80. The van der Waals surface area contributed by atoms with Crippen molar-refractivity contribution in [1.29, 1.82) is 0 Å². The van der Waals surface area contributed by atoms with Crippen molar-refractivity contribution in [1.82, 2.24) is 0 Å². The first-order valence-corrected chi connectivity index (χ1v) is 10.6. The summed E-state index contributed by atoms with van der Waals surface area (Å²) in [4.78, 5) is 15.0. The summed E-state index contributed by atoms with van der Waals surface area (Å²) in [7, 11) is 4.66. The molecule has 3 aliphatic rings. The maximum atomic E-state index is 13.0. The minimum atomic E-state index is -0.446. The Morgan fingerprint density at radius 3 is 2.33 bits per heavy atom. The highest BCUT2D eigenvalue weighted by molar-refractivity contribution is 5.98. The number of carbonyl (C=O) groups excluding carboxylic acids is 1. The van der Waals surface area contributed by atoms with Crippen LogP contribution in [0, 0.1) is 0 Å². The van der Waals surface area contributed by atoms with Crippen molar-refractivity contribution in [2.45, 2.75) is 12.3 Å². The maximum absolute atomic E-state index is 13.0. The molecule has 33 heavy (non-hydrogen) atoms. The smallest absolute Gasteiger partial charge is 0.337 e. The molecule has 0 bridgehead atoms. The molecule has 3 aliphatic heterocycles. The van der Waals surface area contributed by atoms with E-state index in [1.54, 1.807) is 21.3 Å². The molecule has 174 valence electrons. The van der Waals surface area contributed by atoms with Crippen LogP contribution in [0.25, 0.3) is 0 Å². The van der Waals surface area contributed by atoms with Gasteiger partial charge in [0.1, 0.15) is 6.61 Å². The van der Waals surface area contributed by atoms with Crippen LogP contribution >= 0.6 is 0 Å². The molecule has 0 radical (unpaired) electrons. The van der Waals surface area contributed by atoms with E-state index < -0.39 is 5.92 Å². The normalized spacial score (nSPS) is 18.1. The summed E-state index contributed by atoms with van der Waals surface area (Å²) in [5.41, 5.74) is 3.86. The van der Waals surface area contributed by atoms with Gasteiger partial charge in [0.05, 0.1) is 32.6 Å². The SMILES string of the molecule is COc1cc(C2C3=C(COC3=O)N(CCCO)c3cc4c(cc32)OCO4)cc(OC)c1OC. The van der Waals surface area contributed by atoms with Crippen LogP contribution in [0.5, 0.6) is 28.7 Å². The maximum Gasteiger partial charge on any atom is 0.337 e. The molecule has 0 saturated carbocycles. The van der Waals surface area contributed by atoms with Crippen LogP contribution < -0.4 is 28.6 Å². The summed E-state index contributed by atoms with van der Waals surface area (Å²) < 4.78 is 33.4. The summed E-state index contributed by atoms with van der Waals surface area (Å²) in [6.07, 6.45) is 0.535. The summed E-state index contributed by atoms with van der Waals surface area (Å²) >= 11 is 0. The molecule has 9 nitrogen and oxygen atoms in total. The molecule has 1 N–H and O–H groups in total. The Hall–Kier alpha value is -3.59. The van der Waals surface area contributed by atoms with Crippen LogP contribution in [0.15, 0.2) is 35.5 Å². The second kappa shape index (κ2) is 8.40. The Balaban J connectivity index is 1.75. The Kier molecular flexibility index (Phi) is 5.41. The van der Waals surface area contributed by atoms with Crippen molar-refractivity contribution in [3.05, 3.63) is 46.7 Å². The van der Waals surface area contributed by atoms with Crippen LogP contribution in [0.1, 0.15) is 23.5 Å². The van der Waals surface area contributed by atoms with Crippen LogP contribution in [0.2, 0.25) is 0 Å². The molecule has 0 saturated heterocycles. The molecule has 0 aromatic heterocycles. The number of rotatable bonds is 7. The van der Waals surface area contributed by atoms with Gasteiger partial charge in [-0.05, 0) is 35.7 Å². The number of aliphatic hydroxyl groups is 1. The van der Waals surface area contributed by atoms with Gasteiger partial charge in [0.15, 0.2) is 23.0 Å². The Bertz CT molecular complexity index is 1120. The first-order chi connectivity index (χ1) is 16.1. The fourth-order valence-corrected chi connectivity index (χ4v) is 4.73. The van der Waals surface area contributed by atoms with E-state index in [-0.39, 0.29) is 26.0 Å². The molecule has 1 atom stereocenters. The highest BCUT2D eigenvalue weighted by Gasteiger charge is 2.43. The predicted molar refractivity (Wildman–Crippen MR) is 118 cm³/mol. The molecule has 3 heterocycles. The fourth-order valence-electron chi connectivity index (χ4n) is 4.73. The highest BCUT2D eigenvalue weighted by Crippen LogP contribution is 2.53. The van der Waals surface area contributed by atoms with Gasteiger partial charge in [-0.1, -0.05) is 0 Å². The number of carbonyl (C=O) groups is 1. The van der Waals surface area contributed by atoms with Crippen molar-refractivity contribution in [2.75, 3.05) is 52.8 Å². The topological polar surface area (TPSA) is 95.9 Å². The summed E-state index contributed by atoms with van der Waals surface area (Å²) in [5, 5.41) is 9.46. The third kappa shape index (κ3) is 3.31. The van der Waals surface area contributed by atoms with Gasteiger partial charge in [-0.3, -0.25) is 0 Å². The van der Waals surface area contributed by atoms with Gasteiger partial charge < -0.3 is 38.4 Å². The number of ether oxygens (including phenoxy) is 6. The van der Waals surface area contributed by atoms with E-state index in [2.05, 4.69) is 0 Å². The second-order valence-corrected chi connectivity index (χ2v) is 7.82. The van der Waals surface area contributed by atoms with Crippen LogP contribution in [-0.4, -0.2) is 59.0 Å². The van der Waals surface area contributed by atoms with E-state index in [0.29, 0.717) is 47.3 Å². The first-order valence-electron chi connectivity index (χ1n) is 10.6. The molecular formula is C24H25NO8. The number of aliphatic hydroxyl groups excluding tert-OH is 1. The van der Waals surface area contributed by atoms with Gasteiger partial charge in [0.25, 0.3) is 0 Å². The van der Waals surface area contributed by atoms with Crippen molar-refractivity contribution in [3.63, 3.8) is 0 Å². The number of methoxy groups -OCH3 is 3. The minimum absolute atomic E-state index is 0.0319. The third-order valence-corrected chi connectivity index (χ3v) is 6.17. The lowest BCUT2D eigenvalue weighted by Crippen LogP contribution is -2.32. The summed E-state index contributed by atoms with van der Waals surface area (Å²) in [6.45, 7) is 0.859. The number of anilines is 1. The highest BCUT2D eigenvalue weighted by atomic mass is 16.7. The molecule has 9 heteroatoms. The molecule has 0 fully saturated rings. The summed E-state index contributed by atoms with van der Waals surface area (Å²) in [6, 6.07) is 7.53. The van der Waals surface area contributed by atoms with E-state index in [1.807, 2.05) is 29.2 Å². The van der Waals surface area contributed by atoms with Crippen LogP contribution in [0.4, 0.5) is 5.69 Å². The average molecular weight is 455 g/mol. The molecular weight excluding hydrogens is 430 g/mol. The average Bonchev–Trinajstić information content (AvgIpc) is 3.45. The van der Waals surface area contributed by atoms with Crippen LogP contribution in [-0.2, 0) is 9.53 Å². The zero-order chi connectivity index (χ0) is 23.1. The van der Waals surface area contributed by atoms with Gasteiger partial charge in [-0.25, -0.2) is 4.79 Å². The van der Waals surface area contributed by atoms with Gasteiger partial charge >= 0.3 is 5.97 Å². The number of benzene rings is 2. The van der Waals surface area contributed by atoms with Gasteiger partial charge in [-0.15, -0.1) is 0 Å². The monoisotopic (exact) mass is 455 g/mol. The summed E-state index contributed by atoms with van der Waals surface area (Å²) in [5.74, 6) is 1.89. The van der Waals surface area contributed by atoms with Gasteiger partial charge in [-0.2, -0.15) is 0 Å². The lowest BCUT2D eigenvalue weighted by molar-refractivity contribution is -0.136. The zero-order valence-corrected chi connectivity index (χ0v) is 18.7. The van der Waals surface area contributed by atoms with Gasteiger partial charge in [0, 0.05) is 30.8 Å². The molecule has 1 unspecified atom stereocenters. The van der Waals surface area contributed by atoms with Gasteiger partial charge in [0.2, 0.25) is 12.5 Å². The molecule has 2 aromatic rings. The number of cyclic esters (lactones) is 1. The third-order valence-electron chi connectivity index (χ3n) is 6.17. The molecule has 0 spiro atoms. The van der Waals surface area contributed by atoms with Crippen molar-refractivity contribution in [3.8, 4) is 28.7 Å². The van der Waals surface area contributed by atoms with Crippen molar-refractivity contribution < 1.29 is 38.3 Å². The zero-order valence-electron chi connectivity index (χ0n) is 18.7. The van der Waals surface area contributed by atoms with Crippen LogP contribution in [0.3, 0.4) is 0 Å². The van der Waals surface area contributed by atoms with Crippen molar-refractivity contribution in [2.24, 2.45) is 0 Å². The number of esters is 1. The Labute approximate surface area is 191 Å². The number of nitrogens with zero attached hydrogens (tertiary/aromatic N) is 1. The Morgan fingerprint density at radius 1 is 1.00 bits per heavy atom. The van der Waals surface area contributed by atoms with E-state index in [1.165, 1.54) is 0 Å². The fraction of sp³-hybridized carbons (Fsp3) is 0.375. The lowest BCUT2D eigenvalue weighted by Gasteiger charge is -2.36. The molecule has 5 rings (SSSR count). The Morgan fingerprint density at radius 2 is 1.70 bits per heavy atom. The first kappa shape index (κ1) is 21.3. The quantitative estimate of drug-likeness (QED) is 0.632. The van der Waals surface area contributed by atoms with E-state index in [4.69, 9.17) is 28.4 Å². The molecule has 0 aliphatic carbocycles. The number of fused-ring (bicyclic) bond motifs is 2. The standard InChI is InChI=1S/C24H25NO8/c1-28-19-7-13(8-20(29-2)23(19)30-3)21-14-9-17-18(33-12-32-17)10-15(14)25(5-4-6-26)16-11-31-24(27)22(16)21/h7-10,21,26H,4-6,11-12H2,1-3H3.